The summed E-state index contributed by atoms with van der Waals surface area (Å²) in [5.41, 5.74) is 1.54. The lowest BCUT2D eigenvalue weighted by Crippen LogP contribution is -2.09. The van der Waals surface area contributed by atoms with Crippen LogP contribution in [0.4, 0.5) is 0 Å². The Morgan fingerprint density at radius 2 is 1.85 bits per heavy atom. The van der Waals surface area contributed by atoms with Crippen molar-refractivity contribution in [3.63, 3.8) is 0 Å². The molecule has 0 atom stereocenters. The van der Waals surface area contributed by atoms with E-state index in [-0.39, 0.29) is 23.4 Å². The molecule has 0 N–H and O–H groups in total. The number of rotatable bonds is 4. The molecule has 1 saturated carbocycles. The van der Waals surface area contributed by atoms with Crippen LogP contribution in [-0.4, -0.2) is 24.8 Å². The van der Waals surface area contributed by atoms with E-state index >= 15 is 0 Å². The van der Waals surface area contributed by atoms with Gasteiger partial charge >= 0.3 is 11.9 Å². The first-order chi connectivity index (χ1) is 13.0. The van der Waals surface area contributed by atoms with Crippen molar-refractivity contribution in [3.8, 4) is 11.5 Å². The Morgan fingerprint density at radius 1 is 1.11 bits per heavy atom. The van der Waals surface area contributed by atoms with Gasteiger partial charge in [0.05, 0.1) is 24.2 Å². The first-order valence-electron chi connectivity index (χ1n) is 8.53. The third-order valence-electron chi connectivity index (χ3n) is 4.40. The number of ether oxygens (including phenoxy) is 3. The number of methoxy groups -OCH3 is 1. The molecule has 0 unspecified atom stereocenters. The highest BCUT2D eigenvalue weighted by Gasteiger charge is 2.32. The van der Waals surface area contributed by atoms with Gasteiger partial charge in [-0.15, -0.1) is 0 Å². The SMILES string of the molecule is COC(=O)c1ccc(/C=C2\Oc3cc(OC(=O)C4CC4)ccc3C2=O)cc1. The summed E-state index contributed by atoms with van der Waals surface area (Å²) in [4.78, 5) is 35.7. The van der Waals surface area contributed by atoms with E-state index in [2.05, 4.69) is 4.74 Å². The number of allylic oxidation sites excluding steroid dienone is 1. The molecule has 1 heterocycles. The molecular weight excluding hydrogens is 348 g/mol. The normalized spacial score (nSPS) is 16.6. The van der Waals surface area contributed by atoms with Crippen LogP contribution in [0.15, 0.2) is 48.2 Å². The van der Waals surface area contributed by atoms with Crippen molar-refractivity contribution in [1.82, 2.24) is 0 Å². The van der Waals surface area contributed by atoms with E-state index in [4.69, 9.17) is 9.47 Å². The molecule has 1 aliphatic heterocycles. The Hall–Kier alpha value is -3.41. The molecular formula is C21H16O6. The summed E-state index contributed by atoms with van der Waals surface area (Å²) >= 11 is 0. The number of esters is 2. The lowest BCUT2D eigenvalue weighted by molar-refractivity contribution is -0.135. The number of fused-ring (bicyclic) bond motifs is 1. The molecule has 2 aromatic rings. The summed E-state index contributed by atoms with van der Waals surface area (Å²) in [6, 6.07) is 11.3. The molecule has 27 heavy (non-hydrogen) atoms. The average Bonchev–Trinajstić information content (AvgIpc) is 3.48. The summed E-state index contributed by atoms with van der Waals surface area (Å²) in [5, 5.41) is 0. The number of hydrogen-bond acceptors (Lipinski definition) is 6. The number of Topliss-reactive ketones (excluding diaryl/α,β-unsaturated/α-hetero) is 1. The Labute approximate surface area is 155 Å². The van der Waals surface area contributed by atoms with Crippen LogP contribution in [-0.2, 0) is 9.53 Å². The van der Waals surface area contributed by atoms with Gasteiger partial charge in [-0.1, -0.05) is 12.1 Å². The molecule has 0 radical (unpaired) electrons. The fraction of sp³-hybridized carbons (Fsp3) is 0.190. The van der Waals surface area contributed by atoms with E-state index in [1.807, 2.05) is 0 Å². The van der Waals surface area contributed by atoms with Crippen molar-refractivity contribution in [2.24, 2.45) is 5.92 Å². The van der Waals surface area contributed by atoms with Crippen LogP contribution in [0.1, 0.15) is 39.1 Å². The van der Waals surface area contributed by atoms with Crippen molar-refractivity contribution in [1.29, 1.82) is 0 Å². The lowest BCUT2D eigenvalue weighted by Gasteiger charge is -2.04. The Balaban J connectivity index is 1.52. The molecule has 1 aliphatic carbocycles. The van der Waals surface area contributed by atoms with Gasteiger partial charge in [-0.25, -0.2) is 4.79 Å². The fourth-order valence-electron chi connectivity index (χ4n) is 2.73. The zero-order valence-electron chi connectivity index (χ0n) is 14.6. The average molecular weight is 364 g/mol. The van der Waals surface area contributed by atoms with Gasteiger partial charge in [0.15, 0.2) is 5.76 Å². The highest BCUT2D eigenvalue weighted by atomic mass is 16.5. The van der Waals surface area contributed by atoms with E-state index in [1.54, 1.807) is 48.5 Å². The molecule has 4 rings (SSSR count). The molecule has 0 aromatic heterocycles. The van der Waals surface area contributed by atoms with E-state index in [0.29, 0.717) is 28.2 Å². The summed E-state index contributed by atoms with van der Waals surface area (Å²) < 4.78 is 15.6. The monoisotopic (exact) mass is 364 g/mol. The highest BCUT2D eigenvalue weighted by molar-refractivity contribution is 6.14. The number of ketones is 1. The maximum atomic E-state index is 12.5. The van der Waals surface area contributed by atoms with E-state index in [9.17, 15) is 14.4 Å². The minimum Gasteiger partial charge on any atom is -0.465 e. The molecule has 136 valence electrons. The van der Waals surface area contributed by atoms with Crippen molar-refractivity contribution in [2.75, 3.05) is 7.11 Å². The topological polar surface area (TPSA) is 78.9 Å². The van der Waals surface area contributed by atoms with Crippen LogP contribution in [0.5, 0.6) is 11.5 Å². The first kappa shape index (κ1) is 17.0. The van der Waals surface area contributed by atoms with Gasteiger partial charge in [0.1, 0.15) is 11.5 Å². The molecule has 0 amide bonds. The highest BCUT2D eigenvalue weighted by Crippen LogP contribution is 2.36. The molecule has 6 nitrogen and oxygen atoms in total. The maximum absolute atomic E-state index is 12.5. The van der Waals surface area contributed by atoms with Crippen LogP contribution in [0.25, 0.3) is 6.08 Å². The third kappa shape index (κ3) is 3.46. The molecule has 2 aromatic carbocycles. The molecule has 1 fully saturated rings. The smallest absolute Gasteiger partial charge is 0.337 e. The number of hydrogen-bond donors (Lipinski definition) is 0. The van der Waals surface area contributed by atoms with Crippen LogP contribution in [0.3, 0.4) is 0 Å². The van der Waals surface area contributed by atoms with Crippen LogP contribution in [0, 0.1) is 5.92 Å². The molecule has 0 saturated heterocycles. The van der Waals surface area contributed by atoms with Gasteiger partial charge in [-0.05, 0) is 48.7 Å². The van der Waals surface area contributed by atoms with E-state index < -0.39 is 5.97 Å². The second kappa shape index (κ2) is 6.72. The van der Waals surface area contributed by atoms with Crippen LogP contribution < -0.4 is 9.47 Å². The van der Waals surface area contributed by atoms with Gasteiger partial charge in [-0.3, -0.25) is 9.59 Å². The molecule has 2 aliphatic rings. The lowest BCUT2D eigenvalue weighted by atomic mass is 10.1. The predicted octanol–water partition coefficient (Wildman–Crippen LogP) is 3.40. The maximum Gasteiger partial charge on any atom is 0.337 e. The second-order valence-electron chi connectivity index (χ2n) is 6.41. The largest absolute Gasteiger partial charge is 0.465 e. The van der Waals surface area contributed by atoms with Crippen molar-refractivity contribution >= 4 is 23.8 Å². The van der Waals surface area contributed by atoms with Gasteiger partial charge in [0.25, 0.3) is 0 Å². The van der Waals surface area contributed by atoms with Crippen LogP contribution in [0.2, 0.25) is 0 Å². The third-order valence-corrected chi connectivity index (χ3v) is 4.40. The number of benzene rings is 2. The Kier molecular flexibility index (Phi) is 4.24. The quantitative estimate of drug-likeness (QED) is 0.470. The van der Waals surface area contributed by atoms with Crippen molar-refractivity contribution in [2.45, 2.75) is 12.8 Å². The Bertz CT molecular complexity index is 967. The zero-order valence-corrected chi connectivity index (χ0v) is 14.6. The molecule has 0 spiro atoms. The van der Waals surface area contributed by atoms with Gasteiger partial charge < -0.3 is 14.2 Å². The standard InChI is InChI=1S/C21H16O6/c1-25-20(23)13-4-2-12(3-5-13)10-18-19(22)16-9-8-15(11-17(16)27-18)26-21(24)14-6-7-14/h2-5,8-11,14H,6-7H2,1H3/b18-10-. The van der Waals surface area contributed by atoms with Gasteiger partial charge in [-0.2, -0.15) is 0 Å². The van der Waals surface area contributed by atoms with E-state index in [1.165, 1.54) is 7.11 Å². The fourth-order valence-corrected chi connectivity index (χ4v) is 2.73. The summed E-state index contributed by atoms with van der Waals surface area (Å²) in [6.45, 7) is 0. The van der Waals surface area contributed by atoms with Gasteiger partial charge in [0.2, 0.25) is 5.78 Å². The number of carbonyl (C=O) groups excluding carboxylic acids is 3. The zero-order chi connectivity index (χ0) is 19.0. The molecule has 0 bridgehead atoms. The molecule has 6 heteroatoms. The second-order valence-corrected chi connectivity index (χ2v) is 6.41. The first-order valence-corrected chi connectivity index (χ1v) is 8.53. The van der Waals surface area contributed by atoms with Crippen molar-refractivity contribution in [3.05, 3.63) is 64.9 Å². The Morgan fingerprint density at radius 3 is 2.52 bits per heavy atom. The summed E-state index contributed by atoms with van der Waals surface area (Å²) in [7, 11) is 1.32. The minimum atomic E-state index is -0.428. The minimum absolute atomic E-state index is 0.00998. The van der Waals surface area contributed by atoms with E-state index in [0.717, 1.165) is 12.8 Å². The van der Waals surface area contributed by atoms with Crippen LogP contribution >= 0.6 is 0 Å². The van der Waals surface area contributed by atoms with Crippen molar-refractivity contribution < 1.29 is 28.6 Å². The summed E-state index contributed by atoms with van der Waals surface area (Å²) in [5.74, 6) is -0.0442. The number of carbonyl (C=O) groups is 3. The summed E-state index contributed by atoms with van der Waals surface area (Å²) in [6.07, 6.45) is 3.32. The van der Waals surface area contributed by atoms with Gasteiger partial charge in [0, 0.05) is 6.07 Å². The predicted molar refractivity (Wildman–Crippen MR) is 95.5 cm³/mol.